The summed E-state index contributed by atoms with van der Waals surface area (Å²) in [6.07, 6.45) is 3.88. The smallest absolute Gasteiger partial charge is 0.291 e. The molecule has 1 aromatic heterocycles. The van der Waals surface area contributed by atoms with Crippen LogP contribution in [0, 0.1) is 0 Å². The minimum Gasteiger partial charge on any atom is -0.451 e. The number of rotatable bonds is 6. The van der Waals surface area contributed by atoms with Gasteiger partial charge >= 0.3 is 0 Å². The Labute approximate surface area is 172 Å². The topological polar surface area (TPSA) is 48.7 Å². The number of hydrogen-bond donors (Lipinski definition) is 1. The first kappa shape index (κ1) is 19.7. The van der Waals surface area contributed by atoms with E-state index in [4.69, 9.17) is 4.42 Å². The quantitative estimate of drug-likeness (QED) is 0.660. The second-order valence-corrected chi connectivity index (χ2v) is 8.13. The molecule has 0 radical (unpaired) electrons. The van der Waals surface area contributed by atoms with Crippen LogP contribution >= 0.6 is 0 Å². The van der Waals surface area contributed by atoms with Crippen molar-refractivity contribution in [2.24, 2.45) is 0 Å². The molecule has 1 N–H and O–H groups in total. The summed E-state index contributed by atoms with van der Waals surface area (Å²) < 4.78 is 5.94. The number of amides is 1. The van der Waals surface area contributed by atoms with Crippen molar-refractivity contribution in [1.82, 2.24) is 9.80 Å². The van der Waals surface area contributed by atoms with E-state index in [9.17, 15) is 4.79 Å². The van der Waals surface area contributed by atoms with E-state index < -0.39 is 0 Å². The van der Waals surface area contributed by atoms with E-state index in [1.807, 2.05) is 55.4 Å². The summed E-state index contributed by atoms with van der Waals surface area (Å²) in [6.45, 7) is 3.89. The van der Waals surface area contributed by atoms with Gasteiger partial charge in [0.1, 0.15) is 5.58 Å². The highest BCUT2D eigenvalue weighted by Gasteiger charge is 2.21. The zero-order valence-electron chi connectivity index (χ0n) is 17.3. The minimum absolute atomic E-state index is 0.201. The molecule has 2 aromatic carbocycles. The molecule has 2 heterocycles. The van der Waals surface area contributed by atoms with Gasteiger partial charge in [0.05, 0.1) is 0 Å². The number of carbonyl (C=O) groups excluding carboxylic acids is 1. The third-order valence-corrected chi connectivity index (χ3v) is 5.42. The Hall–Kier alpha value is -2.63. The largest absolute Gasteiger partial charge is 0.451 e. The fourth-order valence-electron chi connectivity index (χ4n) is 4.07. The van der Waals surface area contributed by atoms with Crippen LogP contribution in [0.5, 0.6) is 0 Å². The normalized spacial score (nSPS) is 15.1. The molecule has 3 aromatic rings. The maximum Gasteiger partial charge on any atom is 0.291 e. The standard InChI is InChI=1S/C24H29N3O2/c1-26(2)17-21-20-11-4-5-12-22(20)29-23(21)24(28)25-19-10-8-9-18(15-19)16-27-13-6-3-7-14-27/h4-5,8-12,15H,3,6-7,13-14,16-17H2,1-2H3,(H,25,28). The summed E-state index contributed by atoms with van der Waals surface area (Å²) in [7, 11) is 3.99. The van der Waals surface area contributed by atoms with Gasteiger partial charge in [0, 0.05) is 29.7 Å². The number of carbonyl (C=O) groups is 1. The lowest BCUT2D eigenvalue weighted by Gasteiger charge is -2.26. The predicted octanol–water partition coefficient (Wildman–Crippen LogP) is 4.73. The average Bonchev–Trinajstić information content (AvgIpc) is 3.07. The number of nitrogens with zero attached hydrogens (tertiary/aromatic N) is 2. The van der Waals surface area contributed by atoms with Crippen LogP contribution in [0.4, 0.5) is 5.69 Å². The summed E-state index contributed by atoms with van der Waals surface area (Å²) in [5.74, 6) is 0.189. The fourth-order valence-corrected chi connectivity index (χ4v) is 4.07. The molecule has 4 rings (SSSR count). The first-order chi connectivity index (χ1) is 14.1. The third-order valence-electron chi connectivity index (χ3n) is 5.42. The lowest BCUT2D eigenvalue weighted by Crippen LogP contribution is -2.29. The van der Waals surface area contributed by atoms with Crippen molar-refractivity contribution in [3.05, 3.63) is 65.4 Å². The molecule has 1 amide bonds. The van der Waals surface area contributed by atoms with Crippen molar-refractivity contribution in [1.29, 1.82) is 0 Å². The van der Waals surface area contributed by atoms with E-state index in [0.29, 0.717) is 12.3 Å². The molecular weight excluding hydrogens is 362 g/mol. The molecule has 1 aliphatic rings. The van der Waals surface area contributed by atoms with Crippen molar-refractivity contribution in [2.75, 3.05) is 32.5 Å². The molecule has 5 nitrogen and oxygen atoms in total. The zero-order chi connectivity index (χ0) is 20.2. The molecule has 152 valence electrons. The van der Waals surface area contributed by atoms with Crippen LogP contribution in [-0.2, 0) is 13.1 Å². The van der Waals surface area contributed by atoms with Gasteiger partial charge in [-0.3, -0.25) is 9.69 Å². The average molecular weight is 392 g/mol. The van der Waals surface area contributed by atoms with Gasteiger partial charge in [-0.15, -0.1) is 0 Å². The minimum atomic E-state index is -0.201. The first-order valence-electron chi connectivity index (χ1n) is 10.4. The van der Waals surface area contributed by atoms with Crippen LogP contribution in [0.1, 0.15) is 40.9 Å². The van der Waals surface area contributed by atoms with Gasteiger partial charge in [-0.05, 0) is 63.8 Å². The number of likely N-dealkylation sites (tertiary alicyclic amines) is 1. The van der Waals surface area contributed by atoms with Gasteiger partial charge < -0.3 is 14.6 Å². The number of para-hydroxylation sites is 1. The van der Waals surface area contributed by atoms with Crippen LogP contribution < -0.4 is 5.32 Å². The number of piperidine rings is 1. The van der Waals surface area contributed by atoms with Crippen molar-refractivity contribution in [2.45, 2.75) is 32.4 Å². The molecule has 0 atom stereocenters. The highest BCUT2D eigenvalue weighted by Crippen LogP contribution is 2.28. The van der Waals surface area contributed by atoms with Crippen molar-refractivity contribution < 1.29 is 9.21 Å². The molecule has 0 spiro atoms. The van der Waals surface area contributed by atoms with Crippen LogP contribution in [0.3, 0.4) is 0 Å². The second kappa shape index (κ2) is 8.80. The summed E-state index contributed by atoms with van der Waals surface area (Å²) in [6, 6.07) is 16.0. The summed E-state index contributed by atoms with van der Waals surface area (Å²) in [5.41, 5.74) is 3.70. The van der Waals surface area contributed by atoms with Gasteiger partial charge in [0.2, 0.25) is 0 Å². The highest BCUT2D eigenvalue weighted by atomic mass is 16.3. The Morgan fingerprint density at radius 2 is 1.86 bits per heavy atom. The van der Waals surface area contributed by atoms with E-state index in [2.05, 4.69) is 22.3 Å². The Kier molecular flexibility index (Phi) is 5.97. The molecule has 0 aliphatic carbocycles. The van der Waals surface area contributed by atoms with Crippen LogP contribution in [0.15, 0.2) is 52.9 Å². The monoisotopic (exact) mass is 391 g/mol. The number of nitrogens with one attached hydrogen (secondary N) is 1. The second-order valence-electron chi connectivity index (χ2n) is 8.13. The van der Waals surface area contributed by atoms with Crippen molar-refractivity contribution in [3.63, 3.8) is 0 Å². The number of hydrogen-bond acceptors (Lipinski definition) is 4. The molecule has 0 unspecified atom stereocenters. The molecule has 1 saturated heterocycles. The molecule has 1 fully saturated rings. The molecule has 0 saturated carbocycles. The van der Waals surface area contributed by atoms with E-state index in [1.54, 1.807) is 0 Å². The van der Waals surface area contributed by atoms with Gasteiger partial charge in [-0.25, -0.2) is 0 Å². The third kappa shape index (κ3) is 4.69. The van der Waals surface area contributed by atoms with E-state index in [0.717, 1.165) is 41.9 Å². The Bertz CT molecular complexity index is 987. The maximum absolute atomic E-state index is 13.1. The van der Waals surface area contributed by atoms with Crippen LogP contribution in [0.2, 0.25) is 0 Å². The predicted molar refractivity (Wildman–Crippen MR) is 117 cm³/mol. The summed E-state index contributed by atoms with van der Waals surface area (Å²) >= 11 is 0. The van der Waals surface area contributed by atoms with Crippen molar-refractivity contribution >= 4 is 22.6 Å². The van der Waals surface area contributed by atoms with E-state index >= 15 is 0 Å². The number of fused-ring (bicyclic) bond motifs is 1. The molecule has 5 heteroatoms. The van der Waals surface area contributed by atoms with Crippen molar-refractivity contribution in [3.8, 4) is 0 Å². The van der Waals surface area contributed by atoms with Crippen LogP contribution in [-0.4, -0.2) is 42.9 Å². The Balaban J connectivity index is 1.54. The summed E-state index contributed by atoms with van der Waals surface area (Å²) in [5, 5.41) is 4.03. The van der Waals surface area contributed by atoms with E-state index in [1.165, 1.54) is 24.8 Å². The molecule has 1 aliphatic heterocycles. The molecule has 0 bridgehead atoms. The lowest BCUT2D eigenvalue weighted by atomic mass is 10.1. The molecular formula is C24H29N3O2. The lowest BCUT2D eigenvalue weighted by molar-refractivity contribution is 0.0996. The highest BCUT2D eigenvalue weighted by molar-refractivity contribution is 6.06. The van der Waals surface area contributed by atoms with Gasteiger partial charge in [-0.2, -0.15) is 0 Å². The van der Waals surface area contributed by atoms with E-state index in [-0.39, 0.29) is 5.91 Å². The number of benzene rings is 2. The van der Waals surface area contributed by atoms with Gasteiger partial charge in [0.25, 0.3) is 5.91 Å². The van der Waals surface area contributed by atoms with Gasteiger partial charge in [-0.1, -0.05) is 36.8 Å². The maximum atomic E-state index is 13.1. The Morgan fingerprint density at radius 1 is 1.07 bits per heavy atom. The number of furan rings is 1. The van der Waals surface area contributed by atoms with Gasteiger partial charge in [0.15, 0.2) is 5.76 Å². The fraction of sp³-hybridized carbons (Fsp3) is 0.375. The summed E-state index contributed by atoms with van der Waals surface area (Å²) in [4.78, 5) is 17.6. The number of anilines is 1. The SMILES string of the molecule is CN(C)Cc1c(C(=O)Nc2cccc(CN3CCCCC3)c2)oc2ccccc12. The first-order valence-corrected chi connectivity index (χ1v) is 10.4. The zero-order valence-corrected chi connectivity index (χ0v) is 17.3. The Morgan fingerprint density at radius 3 is 2.66 bits per heavy atom. The molecule has 29 heavy (non-hydrogen) atoms. The van der Waals surface area contributed by atoms with Crippen LogP contribution in [0.25, 0.3) is 11.0 Å².